The first-order valence-corrected chi connectivity index (χ1v) is 9.67. The van der Waals surface area contributed by atoms with Gasteiger partial charge in [-0.2, -0.15) is 0 Å². The average Bonchev–Trinajstić information content (AvgIpc) is 3.14. The third kappa shape index (κ3) is 4.54. The number of carbonyl (C=O) groups is 2. The Morgan fingerprint density at radius 3 is 2.69 bits per heavy atom. The molecule has 0 spiro atoms. The molecule has 0 unspecified atom stereocenters. The highest BCUT2D eigenvalue weighted by Crippen LogP contribution is 2.30. The number of hydrogen-bond acceptors (Lipinski definition) is 4. The van der Waals surface area contributed by atoms with Crippen LogP contribution in [-0.4, -0.2) is 37.0 Å². The molecule has 1 fully saturated rings. The lowest BCUT2D eigenvalue weighted by atomic mass is 9.97. The van der Waals surface area contributed by atoms with Crippen molar-refractivity contribution in [1.29, 1.82) is 0 Å². The van der Waals surface area contributed by atoms with Gasteiger partial charge < -0.3 is 9.64 Å². The lowest BCUT2D eigenvalue weighted by Gasteiger charge is -2.29. The Balaban J connectivity index is 1.59. The van der Waals surface area contributed by atoms with E-state index >= 15 is 0 Å². The summed E-state index contributed by atoms with van der Waals surface area (Å²) in [7, 11) is 1.40. The molecule has 2 heterocycles. The van der Waals surface area contributed by atoms with Gasteiger partial charge >= 0.3 is 5.97 Å². The summed E-state index contributed by atoms with van der Waals surface area (Å²) < 4.78 is 4.77. The van der Waals surface area contributed by atoms with Crippen molar-refractivity contribution in [3.05, 3.63) is 52.4 Å². The smallest absolute Gasteiger partial charge is 0.308 e. The van der Waals surface area contributed by atoms with Crippen LogP contribution < -0.4 is 0 Å². The predicted molar refractivity (Wildman–Crippen MR) is 105 cm³/mol. The molecule has 4 nitrogen and oxygen atoms in total. The minimum Gasteiger partial charge on any atom is -0.469 e. The Hall–Kier alpha value is -2.11. The molecule has 0 N–H and O–H groups in total. The molecule has 6 heteroatoms. The standard InChI is InChI=1S/C20H20ClNO3S/c1-25-20(24)14-9-11-22(12-10-14)19(23)8-6-17-5-7-18(26-17)15-3-2-4-16(21)13-15/h2-8,13-14H,9-12H2,1H3. The van der Waals surface area contributed by atoms with Gasteiger partial charge in [-0.15, -0.1) is 11.3 Å². The summed E-state index contributed by atoms with van der Waals surface area (Å²) in [6, 6.07) is 11.7. The molecule has 1 amide bonds. The van der Waals surface area contributed by atoms with Crippen LogP contribution in [-0.2, 0) is 14.3 Å². The average molecular weight is 390 g/mol. The molecule has 0 saturated carbocycles. The number of piperidine rings is 1. The zero-order valence-electron chi connectivity index (χ0n) is 14.5. The summed E-state index contributed by atoms with van der Waals surface area (Å²) in [4.78, 5) is 27.8. The van der Waals surface area contributed by atoms with Gasteiger partial charge in [0.1, 0.15) is 0 Å². The van der Waals surface area contributed by atoms with Crippen molar-refractivity contribution >= 4 is 40.9 Å². The number of esters is 1. The van der Waals surface area contributed by atoms with Crippen LogP contribution in [0, 0.1) is 5.92 Å². The summed E-state index contributed by atoms with van der Waals surface area (Å²) in [5, 5.41) is 0.707. The van der Waals surface area contributed by atoms with Gasteiger partial charge in [-0.3, -0.25) is 9.59 Å². The second-order valence-corrected chi connectivity index (χ2v) is 7.72. The van der Waals surface area contributed by atoms with Gasteiger partial charge in [0.05, 0.1) is 13.0 Å². The van der Waals surface area contributed by atoms with Gasteiger partial charge in [-0.05, 0) is 48.7 Å². The molecule has 1 aliphatic rings. The van der Waals surface area contributed by atoms with E-state index in [-0.39, 0.29) is 17.8 Å². The fraction of sp³-hybridized carbons (Fsp3) is 0.300. The number of hydrogen-bond donors (Lipinski definition) is 0. The third-order valence-electron chi connectivity index (χ3n) is 4.47. The van der Waals surface area contributed by atoms with Gasteiger partial charge in [-0.25, -0.2) is 0 Å². The fourth-order valence-electron chi connectivity index (χ4n) is 3.00. The molecule has 0 bridgehead atoms. The molecule has 3 rings (SSSR count). The Morgan fingerprint density at radius 1 is 1.23 bits per heavy atom. The van der Waals surface area contributed by atoms with Crippen molar-refractivity contribution in [1.82, 2.24) is 4.90 Å². The molecular weight excluding hydrogens is 370 g/mol. The van der Waals surface area contributed by atoms with Crippen molar-refractivity contribution in [2.24, 2.45) is 5.92 Å². The maximum atomic E-state index is 12.3. The van der Waals surface area contributed by atoms with Crippen LogP contribution in [0.4, 0.5) is 0 Å². The zero-order valence-corrected chi connectivity index (χ0v) is 16.1. The second-order valence-electron chi connectivity index (χ2n) is 6.17. The number of likely N-dealkylation sites (tertiary alicyclic amines) is 1. The van der Waals surface area contributed by atoms with Crippen LogP contribution in [0.1, 0.15) is 17.7 Å². The van der Waals surface area contributed by atoms with Crippen molar-refractivity contribution in [2.45, 2.75) is 12.8 Å². The molecule has 26 heavy (non-hydrogen) atoms. The summed E-state index contributed by atoms with van der Waals surface area (Å²) >= 11 is 7.65. The third-order valence-corrected chi connectivity index (χ3v) is 5.80. The van der Waals surface area contributed by atoms with E-state index in [1.165, 1.54) is 7.11 Å². The molecular formula is C20H20ClNO3S. The highest BCUT2D eigenvalue weighted by atomic mass is 35.5. The SMILES string of the molecule is COC(=O)C1CCN(C(=O)C=Cc2ccc(-c3cccc(Cl)c3)s2)CC1. The van der Waals surface area contributed by atoms with Crippen molar-refractivity contribution < 1.29 is 14.3 Å². The van der Waals surface area contributed by atoms with Gasteiger partial charge in [0, 0.05) is 33.9 Å². The van der Waals surface area contributed by atoms with Crippen LogP contribution in [0.15, 0.2) is 42.5 Å². The number of carbonyl (C=O) groups excluding carboxylic acids is 2. The summed E-state index contributed by atoms with van der Waals surface area (Å²) in [6.45, 7) is 1.17. The number of methoxy groups -OCH3 is 1. The minimum absolute atomic E-state index is 0.0222. The maximum Gasteiger partial charge on any atom is 0.308 e. The first-order chi connectivity index (χ1) is 12.6. The van der Waals surface area contributed by atoms with E-state index in [0.29, 0.717) is 31.0 Å². The van der Waals surface area contributed by atoms with E-state index in [2.05, 4.69) is 0 Å². The molecule has 1 aliphatic heterocycles. The Kier molecular flexibility index (Phi) is 6.12. The van der Waals surface area contributed by atoms with Gasteiger partial charge in [0.15, 0.2) is 0 Å². The number of nitrogens with zero attached hydrogens (tertiary/aromatic N) is 1. The maximum absolute atomic E-state index is 12.3. The highest BCUT2D eigenvalue weighted by Gasteiger charge is 2.26. The van der Waals surface area contributed by atoms with E-state index in [1.54, 1.807) is 22.3 Å². The molecule has 1 saturated heterocycles. The number of halogens is 1. The largest absolute Gasteiger partial charge is 0.469 e. The normalized spacial score (nSPS) is 15.4. The van der Waals surface area contributed by atoms with E-state index < -0.39 is 0 Å². The van der Waals surface area contributed by atoms with E-state index in [1.807, 2.05) is 42.5 Å². The Bertz CT molecular complexity index is 822. The van der Waals surface area contributed by atoms with Crippen molar-refractivity contribution in [3.63, 3.8) is 0 Å². The predicted octanol–water partition coefficient (Wildman–Crippen LogP) is 4.49. The number of benzene rings is 1. The number of amides is 1. The summed E-state index contributed by atoms with van der Waals surface area (Å²) in [5.74, 6) is -0.295. The lowest BCUT2D eigenvalue weighted by molar-refractivity contribution is -0.148. The summed E-state index contributed by atoms with van der Waals surface area (Å²) in [6.07, 6.45) is 4.76. The number of rotatable bonds is 4. The van der Waals surface area contributed by atoms with Crippen LogP contribution in [0.5, 0.6) is 0 Å². The quantitative estimate of drug-likeness (QED) is 0.571. The molecule has 1 aromatic carbocycles. The topological polar surface area (TPSA) is 46.6 Å². The van der Waals surface area contributed by atoms with Crippen molar-refractivity contribution in [3.8, 4) is 10.4 Å². The van der Waals surface area contributed by atoms with Crippen LogP contribution in [0.25, 0.3) is 16.5 Å². The van der Waals surface area contributed by atoms with Crippen LogP contribution >= 0.6 is 22.9 Å². The monoisotopic (exact) mass is 389 g/mol. The molecule has 2 aromatic rings. The molecule has 0 radical (unpaired) electrons. The lowest BCUT2D eigenvalue weighted by Crippen LogP contribution is -2.39. The van der Waals surface area contributed by atoms with Gasteiger partial charge in [0.25, 0.3) is 0 Å². The molecule has 0 atom stereocenters. The molecule has 1 aromatic heterocycles. The summed E-state index contributed by atoms with van der Waals surface area (Å²) in [5.41, 5.74) is 1.07. The minimum atomic E-state index is -0.181. The van der Waals surface area contributed by atoms with Gasteiger partial charge in [-0.1, -0.05) is 23.7 Å². The van der Waals surface area contributed by atoms with E-state index in [9.17, 15) is 9.59 Å². The number of thiophene rings is 1. The fourth-order valence-corrected chi connectivity index (χ4v) is 4.10. The highest BCUT2D eigenvalue weighted by molar-refractivity contribution is 7.16. The second kappa shape index (κ2) is 8.52. The Labute approximate surface area is 162 Å². The molecule has 136 valence electrons. The Morgan fingerprint density at radius 2 is 2.00 bits per heavy atom. The zero-order chi connectivity index (χ0) is 18.5. The number of ether oxygens (including phenoxy) is 1. The first kappa shape index (κ1) is 18.7. The van der Waals surface area contributed by atoms with E-state index in [4.69, 9.17) is 16.3 Å². The van der Waals surface area contributed by atoms with Crippen LogP contribution in [0.2, 0.25) is 5.02 Å². The van der Waals surface area contributed by atoms with E-state index in [0.717, 1.165) is 15.3 Å². The van der Waals surface area contributed by atoms with Gasteiger partial charge in [0.2, 0.25) is 5.91 Å². The van der Waals surface area contributed by atoms with Crippen LogP contribution in [0.3, 0.4) is 0 Å². The van der Waals surface area contributed by atoms with Crippen molar-refractivity contribution in [2.75, 3.05) is 20.2 Å². The first-order valence-electron chi connectivity index (χ1n) is 8.47. The molecule has 0 aliphatic carbocycles.